The van der Waals surface area contributed by atoms with Gasteiger partial charge in [-0.2, -0.15) is 14.8 Å². The maximum absolute atomic E-state index is 13.1. The second-order valence-corrected chi connectivity index (χ2v) is 9.82. The van der Waals surface area contributed by atoms with Crippen LogP contribution >= 0.6 is 11.6 Å². The van der Waals surface area contributed by atoms with Crippen molar-refractivity contribution in [3.8, 4) is 5.75 Å². The summed E-state index contributed by atoms with van der Waals surface area (Å²) in [5.74, 6) is 1.29. The van der Waals surface area contributed by atoms with Crippen molar-refractivity contribution in [2.75, 3.05) is 11.9 Å². The smallest absolute Gasteiger partial charge is 0.258 e. The number of nitrogens with zero attached hydrogens (tertiary/aromatic N) is 4. The molecule has 0 saturated heterocycles. The summed E-state index contributed by atoms with van der Waals surface area (Å²) in [5, 5.41) is 15.2. The molecule has 1 saturated carbocycles. The van der Waals surface area contributed by atoms with Crippen LogP contribution in [0.5, 0.6) is 5.75 Å². The molecule has 4 aliphatic rings. The van der Waals surface area contributed by atoms with Crippen molar-refractivity contribution in [1.82, 2.24) is 25.5 Å². The Morgan fingerprint density at radius 2 is 2.14 bits per heavy atom. The van der Waals surface area contributed by atoms with Crippen molar-refractivity contribution in [3.63, 3.8) is 0 Å². The number of hydrogen-bond donors (Lipinski definition) is 3. The largest absolute Gasteiger partial charge is 0.491 e. The fourth-order valence-electron chi connectivity index (χ4n) is 4.60. The van der Waals surface area contributed by atoms with Crippen LogP contribution in [0.15, 0.2) is 41.5 Å². The normalized spacial score (nSPS) is 22.8. The number of aromatic nitrogens is 3. The van der Waals surface area contributed by atoms with E-state index in [0.717, 1.165) is 37.0 Å². The van der Waals surface area contributed by atoms with Gasteiger partial charge in [0.25, 0.3) is 11.8 Å². The first-order valence-corrected chi connectivity index (χ1v) is 12.6. The monoisotopic (exact) mass is 507 g/mol. The van der Waals surface area contributed by atoms with Gasteiger partial charge in [-0.15, -0.1) is 5.10 Å². The molecule has 6 rings (SSSR count). The van der Waals surface area contributed by atoms with Crippen molar-refractivity contribution >= 4 is 40.6 Å². The lowest BCUT2D eigenvalue weighted by molar-refractivity contribution is 0.0857. The first kappa shape index (κ1) is 22.8. The zero-order chi connectivity index (χ0) is 24.6. The molecule has 186 valence electrons. The summed E-state index contributed by atoms with van der Waals surface area (Å²) in [4.78, 5) is 30.3. The number of ether oxygens (including phenoxy) is 1. The average Bonchev–Trinajstić information content (AvgIpc) is 3.46. The molecule has 1 amide bonds. The van der Waals surface area contributed by atoms with Gasteiger partial charge in [-0.05, 0) is 43.7 Å². The molecule has 1 aromatic heterocycles. The molecular formula is C25H26ClN7O3. The fraction of sp³-hybridized carbons (Fsp3) is 0.400. The van der Waals surface area contributed by atoms with E-state index in [1.807, 2.05) is 6.08 Å². The third-order valence-electron chi connectivity index (χ3n) is 6.62. The molecule has 2 aromatic rings. The lowest BCUT2D eigenvalue weighted by Crippen LogP contribution is -2.41. The molecule has 2 atom stereocenters. The summed E-state index contributed by atoms with van der Waals surface area (Å²) in [7, 11) is 0. The Kier molecular flexibility index (Phi) is 5.96. The van der Waals surface area contributed by atoms with E-state index in [1.54, 1.807) is 18.2 Å². The van der Waals surface area contributed by atoms with Gasteiger partial charge in [-0.3, -0.25) is 15.0 Å². The third-order valence-corrected chi connectivity index (χ3v) is 6.94. The molecule has 0 spiro atoms. The second-order valence-electron chi connectivity index (χ2n) is 9.41. The number of halogens is 1. The third kappa shape index (κ3) is 4.60. The van der Waals surface area contributed by atoms with Gasteiger partial charge in [-0.1, -0.05) is 35.9 Å². The van der Waals surface area contributed by atoms with Crippen LogP contribution in [0.25, 0.3) is 5.57 Å². The molecule has 11 heteroatoms. The molecular weight excluding hydrogens is 482 g/mol. The van der Waals surface area contributed by atoms with Crippen molar-refractivity contribution in [1.29, 1.82) is 0 Å². The summed E-state index contributed by atoms with van der Waals surface area (Å²) in [6, 6.07) is 4.74. The summed E-state index contributed by atoms with van der Waals surface area (Å²) in [6.45, 7) is 0.147. The standard InChI is InChI=1S/C25H26ClN7O3/c26-17-7-4-8-19(22(17)24(35)28-20-12-18(30-31-20)14-9-10-14)36-13-16-11-21(34)33-25(27-16)29-23(32-33)15-5-2-1-3-6-15/h2,4-8,14,16,20,31H,1,3,9-13H2,(H,28,35)(H,27,29,32). The number of carbonyl (C=O) groups excluding carboxylic acids is 2. The Labute approximate surface area is 212 Å². The number of benzene rings is 1. The SMILES string of the molecule is O=C(NC1CC(C2CC2)=NN1)c1c(Cl)cccc1OCC1CC(=O)n2nc(C3=CCCC=C3)nc2N1. The predicted molar refractivity (Wildman–Crippen MR) is 135 cm³/mol. The van der Waals surface area contributed by atoms with E-state index < -0.39 is 0 Å². The number of rotatable bonds is 7. The van der Waals surface area contributed by atoms with E-state index in [0.29, 0.717) is 29.9 Å². The molecule has 1 fully saturated rings. The van der Waals surface area contributed by atoms with E-state index >= 15 is 0 Å². The van der Waals surface area contributed by atoms with Crippen LogP contribution in [0.1, 0.15) is 59.5 Å². The first-order valence-electron chi connectivity index (χ1n) is 12.2. The number of carbonyl (C=O) groups is 2. The van der Waals surface area contributed by atoms with Gasteiger partial charge in [0.05, 0.1) is 23.0 Å². The van der Waals surface area contributed by atoms with E-state index in [4.69, 9.17) is 16.3 Å². The first-order chi connectivity index (χ1) is 17.5. The van der Waals surface area contributed by atoms with E-state index in [1.165, 1.54) is 4.68 Å². The maximum atomic E-state index is 13.1. The molecule has 36 heavy (non-hydrogen) atoms. The number of anilines is 1. The fourth-order valence-corrected chi connectivity index (χ4v) is 4.85. The van der Waals surface area contributed by atoms with Crippen molar-refractivity contribution in [2.24, 2.45) is 11.0 Å². The molecule has 10 nitrogen and oxygen atoms in total. The molecule has 2 aliphatic heterocycles. The molecule has 0 bridgehead atoms. The Morgan fingerprint density at radius 1 is 1.25 bits per heavy atom. The minimum Gasteiger partial charge on any atom is -0.491 e. The molecule has 0 radical (unpaired) electrons. The highest BCUT2D eigenvalue weighted by Gasteiger charge is 2.34. The highest BCUT2D eigenvalue weighted by atomic mass is 35.5. The van der Waals surface area contributed by atoms with Crippen LogP contribution in [0.3, 0.4) is 0 Å². The predicted octanol–water partition coefficient (Wildman–Crippen LogP) is 3.38. The maximum Gasteiger partial charge on any atom is 0.258 e. The highest BCUT2D eigenvalue weighted by Crippen LogP contribution is 2.33. The Balaban J connectivity index is 1.12. The number of hydrazone groups is 1. The van der Waals surface area contributed by atoms with Crippen molar-refractivity contribution in [2.45, 2.75) is 50.7 Å². The van der Waals surface area contributed by atoms with E-state index in [9.17, 15) is 9.59 Å². The van der Waals surface area contributed by atoms with Crippen molar-refractivity contribution < 1.29 is 14.3 Å². The van der Waals surface area contributed by atoms with Gasteiger partial charge in [0.1, 0.15) is 18.5 Å². The number of hydrogen-bond acceptors (Lipinski definition) is 8. The van der Waals surface area contributed by atoms with Gasteiger partial charge in [0.2, 0.25) is 5.95 Å². The summed E-state index contributed by atoms with van der Waals surface area (Å²) >= 11 is 6.39. The van der Waals surface area contributed by atoms with Gasteiger partial charge < -0.3 is 15.4 Å². The van der Waals surface area contributed by atoms with Crippen LogP contribution in [-0.4, -0.2) is 51.1 Å². The van der Waals surface area contributed by atoms with Crippen LogP contribution in [-0.2, 0) is 0 Å². The van der Waals surface area contributed by atoms with Gasteiger partial charge in [0, 0.05) is 17.7 Å². The molecule has 2 aliphatic carbocycles. The summed E-state index contributed by atoms with van der Waals surface area (Å²) in [6.07, 6.45) is 10.9. The molecule has 3 heterocycles. The molecule has 2 unspecified atom stereocenters. The number of allylic oxidation sites excluding steroid dienone is 4. The highest BCUT2D eigenvalue weighted by molar-refractivity contribution is 6.34. The number of nitrogens with one attached hydrogen (secondary N) is 3. The molecule has 1 aromatic carbocycles. The van der Waals surface area contributed by atoms with Crippen LogP contribution in [0, 0.1) is 5.92 Å². The minimum atomic E-state index is -0.341. The summed E-state index contributed by atoms with van der Waals surface area (Å²) in [5.41, 5.74) is 5.26. The quantitative estimate of drug-likeness (QED) is 0.525. The lowest BCUT2D eigenvalue weighted by Gasteiger charge is -2.24. The second kappa shape index (κ2) is 9.42. The van der Waals surface area contributed by atoms with Crippen LogP contribution in [0.2, 0.25) is 5.02 Å². The van der Waals surface area contributed by atoms with Crippen LogP contribution in [0.4, 0.5) is 5.95 Å². The number of fused-ring (bicyclic) bond motifs is 1. The number of amides is 1. The van der Waals surface area contributed by atoms with Gasteiger partial charge >= 0.3 is 0 Å². The van der Waals surface area contributed by atoms with Gasteiger partial charge in [-0.25, -0.2) is 0 Å². The zero-order valence-electron chi connectivity index (χ0n) is 19.5. The Bertz CT molecular complexity index is 1310. The Hall–Kier alpha value is -3.66. The van der Waals surface area contributed by atoms with Crippen LogP contribution < -0.4 is 20.8 Å². The topological polar surface area (TPSA) is 123 Å². The molecule has 3 N–H and O–H groups in total. The van der Waals surface area contributed by atoms with E-state index in [2.05, 4.69) is 43.4 Å². The van der Waals surface area contributed by atoms with Crippen molar-refractivity contribution in [3.05, 3.63) is 52.8 Å². The Morgan fingerprint density at radius 3 is 2.94 bits per heavy atom. The lowest BCUT2D eigenvalue weighted by atomic mass is 10.1. The average molecular weight is 508 g/mol. The van der Waals surface area contributed by atoms with Gasteiger partial charge in [0.15, 0.2) is 5.82 Å². The minimum absolute atomic E-state index is 0.147. The zero-order valence-corrected chi connectivity index (χ0v) is 20.3. The summed E-state index contributed by atoms with van der Waals surface area (Å²) < 4.78 is 7.32. The van der Waals surface area contributed by atoms with E-state index in [-0.39, 0.29) is 47.6 Å².